The second-order valence-electron chi connectivity index (χ2n) is 6.75. The van der Waals surface area contributed by atoms with Gasteiger partial charge in [-0.3, -0.25) is 13.8 Å². The Labute approximate surface area is 185 Å². The van der Waals surface area contributed by atoms with Crippen molar-refractivity contribution in [2.75, 3.05) is 18.0 Å². The number of ether oxygens (including phenoxy) is 1. The molecule has 0 aliphatic heterocycles. The van der Waals surface area contributed by atoms with E-state index in [9.17, 15) is 18.0 Å². The smallest absolute Gasteiger partial charge is 0.338 e. The molecule has 0 amide bonds. The van der Waals surface area contributed by atoms with Crippen molar-refractivity contribution in [3.8, 4) is 5.69 Å². The van der Waals surface area contributed by atoms with E-state index in [0.29, 0.717) is 11.4 Å². The number of aromatic nitrogens is 2. The van der Waals surface area contributed by atoms with Gasteiger partial charge < -0.3 is 4.74 Å². The van der Waals surface area contributed by atoms with Crippen LogP contribution in [0.1, 0.15) is 23.0 Å². The minimum atomic E-state index is -4.26. The van der Waals surface area contributed by atoms with Crippen LogP contribution < -0.4 is 9.86 Å². The molecule has 0 spiro atoms. The Morgan fingerprint density at radius 2 is 1.81 bits per heavy atom. The minimum absolute atomic E-state index is 0.0241. The number of anilines is 1. The standard InChI is InChI=1S/C21H22ClN3O5S/c1-5-30-21(27)15-11-12-17(22)18(13-15)31(28,29)24(4)19-14(2)23(3)25(20(19)26)16-9-7-6-8-10-16/h6-13H,5H2,1-4H3. The molecule has 1 aromatic heterocycles. The fourth-order valence-corrected chi connectivity index (χ4v) is 4.97. The number of rotatable bonds is 6. The van der Waals surface area contributed by atoms with Crippen LogP contribution in [0.25, 0.3) is 5.69 Å². The predicted octanol–water partition coefficient (Wildman–Crippen LogP) is 3.14. The average molecular weight is 464 g/mol. The molecule has 0 N–H and O–H groups in total. The topological polar surface area (TPSA) is 90.6 Å². The Morgan fingerprint density at radius 1 is 1.16 bits per heavy atom. The van der Waals surface area contributed by atoms with E-state index in [1.165, 1.54) is 23.9 Å². The number of sulfonamides is 1. The van der Waals surface area contributed by atoms with Crippen molar-refractivity contribution in [1.29, 1.82) is 0 Å². The summed E-state index contributed by atoms with van der Waals surface area (Å²) >= 11 is 6.16. The number of halogens is 1. The van der Waals surface area contributed by atoms with Gasteiger partial charge in [-0.15, -0.1) is 0 Å². The molecule has 0 radical (unpaired) electrons. The number of hydrogen-bond acceptors (Lipinski definition) is 5. The van der Waals surface area contributed by atoms with Crippen LogP contribution in [0, 0.1) is 6.92 Å². The van der Waals surface area contributed by atoms with Gasteiger partial charge in [0.25, 0.3) is 15.6 Å². The molecule has 0 aliphatic carbocycles. The van der Waals surface area contributed by atoms with Crippen molar-refractivity contribution in [2.45, 2.75) is 18.7 Å². The average Bonchev–Trinajstić information content (AvgIpc) is 2.96. The molecular weight excluding hydrogens is 442 g/mol. The molecular formula is C21H22ClN3O5S. The maximum absolute atomic E-state index is 13.4. The van der Waals surface area contributed by atoms with Gasteiger partial charge in [0, 0.05) is 14.1 Å². The van der Waals surface area contributed by atoms with Gasteiger partial charge in [-0.1, -0.05) is 29.8 Å². The van der Waals surface area contributed by atoms with Gasteiger partial charge in [-0.25, -0.2) is 17.9 Å². The summed E-state index contributed by atoms with van der Waals surface area (Å²) in [4.78, 5) is 25.0. The van der Waals surface area contributed by atoms with E-state index < -0.39 is 21.6 Å². The van der Waals surface area contributed by atoms with Gasteiger partial charge in [-0.05, 0) is 44.2 Å². The first-order chi connectivity index (χ1) is 14.6. The lowest BCUT2D eigenvalue weighted by molar-refractivity contribution is 0.0526. The van der Waals surface area contributed by atoms with E-state index in [1.807, 2.05) is 6.07 Å². The summed E-state index contributed by atoms with van der Waals surface area (Å²) in [6.45, 7) is 3.44. The first kappa shape index (κ1) is 22.6. The summed E-state index contributed by atoms with van der Waals surface area (Å²) in [5.41, 5.74) is 0.554. The van der Waals surface area contributed by atoms with Crippen LogP contribution in [-0.2, 0) is 21.8 Å². The molecule has 0 unspecified atom stereocenters. The molecule has 0 bridgehead atoms. The monoisotopic (exact) mass is 463 g/mol. The lowest BCUT2D eigenvalue weighted by Gasteiger charge is -2.19. The summed E-state index contributed by atoms with van der Waals surface area (Å²) < 4.78 is 35.5. The molecule has 10 heteroatoms. The highest BCUT2D eigenvalue weighted by Gasteiger charge is 2.31. The van der Waals surface area contributed by atoms with Crippen LogP contribution in [0.4, 0.5) is 5.69 Å². The Kier molecular flexibility index (Phi) is 6.28. The van der Waals surface area contributed by atoms with E-state index in [2.05, 4.69) is 0 Å². The molecule has 31 heavy (non-hydrogen) atoms. The summed E-state index contributed by atoms with van der Waals surface area (Å²) in [6.07, 6.45) is 0. The summed E-state index contributed by atoms with van der Waals surface area (Å²) in [5.74, 6) is -0.666. The van der Waals surface area contributed by atoms with E-state index in [1.54, 1.807) is 49.8 Å². The Bertz CT molecular complexity index is 1300. The first-order valence-corrected chi connectivity index (χ1v) is 11.2. The fraction of sp³-hybridized carbons (Fsp3) is 0.238. The number of nitrogens with zero attached hydrogens (tertiary/aromatic N) is 3. The zero-order valence-electron chi connectivity index (χ0n) is 17.5. The highest BCUT2D eigenvalue weighted by Crippen LogP contribution is 2.29. The minimum Gasteiger partial charge on any atom is -0.462 e. The van der Waals surface area contributed by atoms with E-state index in [4.69, 9.17) is 16.3 Å². The second kappa shape index (κ2) is 8.60. The third-order valence-electron chi connectivity index (χ3n) is 4.92. The number of carbonyl (C=O) groups excluding carboxylic acids is 1. The number of esters is 1. The molecule has 0 aliphatic rings. The Hall–Kier alpha value is -3.04. The maximum atomic E-state index is 13.4. The second-order valence-corrected chi connectivity index (χ2v) is 9.09. The SMILES string of the molecule is CCOC(=O)c1ccc(Cl)c(S(=O)(=O)N(C)c2c(C)n(C)n(-c3ccccc3)c2=O)c1. The number of para-hydroxylation sites is 1. The molecule has 3 rings (SSSR count). The van der Waals surface area contributed by atoms with E-state index in [-0.39, 0.29) is 27.8 Å². The Morgan fingerprint density at radius 3 is 2.42 bits per heavy atom. The van der Waals surface area contributed by atoms with Crippen molar-refractivity contribution < 1.29 is 17.9 Å². The quantitative estimate of drug-likeness (QED) is 0.524. The Balaban J connectivity index is 2.14. The van der Waals surface area contributed by atoms with Crippen molar-refractivity contribution in [3.05, 3.63) is 75.2 Å². The zero-order valence-corrected chi connectivity index (χ0v) is 19.1. The van der Waals surface area contributed by atoms with Crippen LogP contribution >= 0.6 is 11.6 Å². The van der Waals surface area contributed by atoms with Crippen molar-refractivity contribution in [3.63, 3.8) is 0 Å². The van der Waals surface area contributed by atoms with Gasteiger partial charge >= 0.3 is 5.97 Å². The normalized spacial score (nSPS) is 11.4. The van der Waals surface area contributed by atoms with Gasteiger partial charge in [0.15, 0.2) is 0 Å². The van der Waals surface area contributed by atoms with Crippen LogP contribution in [0.3, 0.4) is 0 Å². The molecule has 8 nitrogen and oxygen atoms in total. The van der Waals surface area contributed by atoms with Gasteiger partial charge in [-0.2, -0.15) is 0 Å². The van der Waals surface area contributed by atoms with Crippen molar-refractivity contribution in [2.24, 2.45) is 7.05 Å². The maximum Gasteiger partial charge on any atom is 0.338 e. The molecule has 0 atom stereocenters. The number of carbonyl (C=O) groups is 1. The zero-order chi connectivity index (χ0) is 22.9. The van der Waals surface area contributed by atoms with Gasteiger partial charge in [0.2, 0.25) is 0 Å². The fourth-order valence-electron chi connectivity index (χ4n) is 3.23. The van der Waals surface area contributed by atoms with Crippen LogP contribution in [0.15, 0.2) is 58.2 Å². The highest BCUT2D eigenvalue weighted by molar-refractivity contribution is 7.93. The third kappa shape index (κ3) is 3.98. The van der Waals surface area contributed by atoms with Crippen LogP contribution in [-0.4, -0.2) is 37.4 Å². The molecule has 0 saturated carbocycles. The molecule has 0 fully saturated rings. The lowest BCUT2D eigenvalue weighted by Crippen LogP contribution is -2.32. The van der Waals surface area contributed by atoms with Crippen molar-refractivity contribution in [1.82, 2.24) is 9.36 Å². The highest BCUT2D eigenvalue weighted by atomic mass is 35.5. The largest absolute Gasteiger partial charge is 0.462 e. The first-order valence-electron chi connectivity index (χ1n) is 9.40. The summed E-state index contributed by atoms with van der Waals surface area (Å²) in [6, 6.07) is 12.7. The van der Waals surface area contributed by atoms with Gasteiger partial charge in [0.1, 0.15) is 10.6 Å². The molecule has 1 heterocycles. The van der Waals surface area contributed by atoms with E-state index in [0.717, 1.165) is 10.4 Å². The third-order valence-corrected chi connectivity index (χ3v) is 7.16. The lowest BCUT2D eigenvalue weighted by atomic mass is 10.2. The van der Waals surface area contributed by atoms with Gasteiger partial charge in [0.05, 0.1) is 28.6 Å². The number of benzene rings is 2. The van der Waals surface area contributed by atoms with Crippen LogP contribution in [0.2, 0.25) is 5.02 Å². The molecule has 0 saturated heterocycles. The van der Waals surface area contributed by atoms with Crippen LogP contribution in [0.5, 0.6) is 0 Å². The van der Waals surface area contributed by atoms with Crippen molar-refractivity contribution >= 4 is 33.3 Å². The molecule has 2 aromatic carbocycles. The predicted molar refractivity (Wildman–Crippen MR) is 119 cm³/mol. The molecule has 3 aromatic rings. The van der Waals surface area contributed by atoms with E-state index >= 15 is 0 Å². The summed E-state index contributed by atoms with van der Waals surface area (Å²) in [5, 5.41) is -0.0723. The molecule has 164 valence electrons. The number of hydrogen-bond donors (Lipinski definition) is 0. The summed E-state index contributed by atoms with van der Waals surface area (Å²) in [7, 11) is -1.31.